The Kier molecular flexibility index (Phi) is 3.71. The van der Waals surface area contributed by atoms with Gasteiger partial charge in [0, 0.05) is 19.0 Å². The van der Waals surface area contributed by atoms with E-state index in [-0.39, 0.29) is 24.4 Å². The van der Waals surface area contributed by atoms with Crippen LogP contribution < -0.4 is 5.32 Å². The Bertz CT molecular complexity index is 427. The first-order valence-electron chi connectivity index (χ1n) is 4.34. The zero-order valence-corrected chi connectivity index (χ0v) is 8.24. The van der Waals surface area contributed by atoms with Crippen LogP contribution >= 0.6 is 0 Å². The number of alkyl halides is 3. The lowest BCUT2D eigenvalue weighted by Crippen LogP contribution is -2.37. The fourth-order valence-corrected chi connectivity index (χ4v) is 0.931. The van der Waals surface area contributed by atoms with Gasteiger partial charge in [-0.25, -0.2) is 4.79 Å². The van der Waals surface area contributed by atoms with Crippen molar-refractivity contribution in [2.75, 3.05) is 6.54 Å². The number of carbonyl (C=O) groups is 2. The van der Waals surface area contributed by atoms with E-state index in [1.807, 2.05) is 0 Å². The fraction of sp³-hybridized carbons (Fsp3) is 0.375. The molecule has 17 heavy (non-hydrogen) atoms. The molecule has 9 heteroatoms. The Balaban J connectivity index is 2.41. The Morgan fingerprint density at radius 2 is 2.12 bits per heavy atom. The topological polar surface area (TPSA) is 92.4 Å². The van der Waals surface area contributed by atoms with E-state index in [1.54, 1.807) is 5.32 Å². The van der Waals surface area contributed by atoms with Crippen molar-refractivity contribution in [3.05, 3.63) is 17.5 Å². The number of carbonyl (C=O) groups excluding carboxylic acids is 1. The van der Waals surface area contributed by atoms with Crippen molar-refractivity contribution in [1.82, 2.24) is 10.5 Å². The van der Waals surface area contributed by atoms with Gasteiger partial charge in [-0.05, 0) is 0 Å². The molecule has 0 spiro atoms. The second kappa shape index (κ2) is 4.85. The maximum atomic E-state index is 11.8. The highest BCUT2D eigenvalue weighted by atomic mass is 19.4. The Morgan fingerprint density at radius 3 is 2.59 bits per heavy atom. The molecular formula is C8H7F3N2O4. The van der Waals surface area contributed by atoms with Gasteiger partial charge in [0.15, 0.2) is 5.69 Å². The number of hydrogen-bond donors (Lipinski definition) is 2. The van der Waals surface area contributed by atoms with Gasteiger partial charge in [-0.15, -0.1) is 0 Å². The lowest BCUT2D eigenvalue weighted by Gasteiger charge is -2.05. The molecule has 0 aliphatic rings. The summed E-state index contributed by atoms with van der Waals surface area (Å²) in [4.78, 5) is 20.8. The monoisotopic (exact) mass is 252 g/mol. The number of rotatable bonds is 4. The van der Waals surface area contributed by atoms with Gasteiger partial charge in [-0.1, -0.05) is 5.16 Å². The molecule has 1 amide bonds. The second-order valence-corrected chi connectivity index (χ2v) is 2.99. The van der Waals surface area contributed by atoms with E-state index in [1.165, 1.54) is 0 Å². The van der Waals surface area contributed by atoms with Crippen LogP contribution in [-0.2, 0) is 11.2 Å². The number of amides is 1. The van der Waals surface area contributed by atoms with E-state index in [0.717, 1.165) is 6.07 Å². The number of carboxylic acid groups (broad SMARTS) is 1. The normalized spacial score (nSPS) is 11.2. The summed E-state index contributed by atoms with van der Waals surface area (Å²) in [5.74, 6) is -3.29. The van der Waals surface area contributed by atoms with E-state index >= 15 is 0 Å². The van der Waals surface area contributed by atoms with Crippen LogP contribution in [0.5, 0.6) is 0 Å². The summed E-state index contributed by atoms with van der Waals surface area (Å²) in [5.41, 5.74) is -0.345. The van der Waals surface area contributed by atoms with Crippen LogP contribution in [0, 0.1) is 0 Å². The fourth-order valence-electron chi connectivity index (χ4n) is 0.931. The number of halogens is 3. The highest BCUT2D eigenvalue weighted by Gasteiger charge is 2.38. The highest BCUT2D eigenvalue weighted by molar-refractivity contribution is 5.85. The number of nitrogens with zero attached hydrogens (tertiary/aromatic N) is 1. The van der Waals surface area contributed by atoms with Gasteiger partial charge in [0.1, 0.15) is 5.76 Å². The van der Waals surface area contributed by atoms with E-state index in [2.05, 4.69) is 9.68 Å². The minimum absolute atomic E-state index is 0.0740. The van der Waals surface area contributed by atoms with Gasteiger partial charge in [0.05, 0.1) is 0 Å². The van der Waals surface area contributed by atoms with Gasteiger partial charge in [0.25, 0.3) is 0 Å². The number of aromatic carboxylic acids is 1. The summed E-state index contributed by atoms with van der Waals surface area (Å²) in [5, 5.41) is 13.2. The van der Waals surface area contributed by atoms with Crippen LogP contribution in [0.3, 0.4) is 0 Å². The number of hydrogen-bond acceptors (Lipinski definition) is 4. The summed E-state index contributed by atoms with van der Waals surface area (Å²) in [6.45, 7) is -0.327. The van der Waals surface area contributed by atoms with Crippen molar-refractivity contribution in [3.8, 4) is 0 Å². The average molecular weight is 252 g/mol. The molecule has 0 saturated heterocycles. The molecule has 0 radical (unpaired) electrons. The minimum atomic E-state index is -4.94. The van der Waals surface area contributed by atoms with Crippen molar-refractivity contribution in [2.24, 2.45) is 0 Å². The molecule has 6 nitrogen and oxygen atoms in total. The van der Waals surface area contributed by atoms with Gasteiger partial charge in [-0.3, -0.25) is 4.79 Å². The molecule has 0 bridgehead atoms. The Morgan fingerprint density at radius 1 is 1.47 bits per heavy atom. The molecule has 1 rings (SSSR count). The number of nitrogens with one attached hydrogen (secondary N) is 1. The summed E-state index contributed by atoms with van der Waals surface area (Å²) >= 11 is 0. The highest BCUT2D eigenvalue weighted by Crippen LogP contribution is 2.14. The first-order chi connectivity index (χ1) is 7.80. The van der Waals surface area contributed by atoms with Crippen molar-refractivity contribution in [2.45, 2.75) is 12.6 Å². The molecule has 1 aromatic heterocycles. The zero-order valence-electron chi connectivity index (χ0n) is 8.24. The smallest absolute Gasteiger partial charge is 0.471 e. The summed E-state index contributed by atoms with van der Waals surface area (Å²) in [7, 11) is 0. The molecule has 0 aromatic carbocycles. The summed E-state index contributed by atoms with van der Waals surface area (Å²) in [6, 6.07) is 1.07. The molecule has 1 aromatic rings. The lowest BCUT2D eigenvalue weighted by atomic mass is 10.3. The van der Waals surface area contributed by atoms with E-state index in [9.17, 15) is 22.8 Å². The van der Waals surface area contributed by atoms with Gasteiger partial charge in [0.2, 0.25) is 0 Å². The van der Waals surface area contributed by atoms with Crippen molar-refractivity contribution < 1.29 is 32.4 Å². The number of carboxylic acids is 1. The summed E-state index contributed by atoms with van der Waals surface area (Å²) < 4.78 is 39.8. The van der Waals surface area contributed by atoms with Crippen LogP contribution in [0.25, 0.3) is 0 Å². The van der Waals surface area contributed by atoms with Gasteiger partial charge < -0.3 is 14.9 Å². The maximum Gasteiger partial charge on any atom is 0.471 e. The zero-order chi connectivity index (χ0) is 13.1. The first kappa shape index (κ1) is 13.0. The molecule has 0 atom stereocenters. The van der Waals surface area contributed by atoms with Gasteiger partial charge >= 0.3 is 18.1 Å². The SMILES string of the molecule is O=C(O)c1cc(CCNC(=O)C(F)(F)F)on1. The molecule has 0 aliphatic heterocycles. The largest absolute Gasteiger partial charge is 0.476 e. The minimum Gasteiger partial charge on any atom is -0.476 e. The van der Waals surface area contributed by atoms with Crippen LogP contribution in [0.4, 0.5) is 13.2 Å². The van der Waals surface area contributed by atoms with Crippen molar-refractivity contribution in [1.29, 1.82) is 0 Å². The Labute approximate surface area is 92.4 Å². The molecular weight excluding hydrogens is 245 g/mol. The molecule has 0 saturated carbocycles. The summed E-state index contributed by atoms with van der Waals surface area (Å²) in [6.07, 6.45) is -5.02. The Hall–Kier alpha value is -2.06. The van der Waals surface area contributed by atoms with E-state index in [4.69, 9.17) is 5.11 Å². The predicted molar refractivity (Wildman–Crippen MR) is 46.2 cm³/mol. The van der Waals surface area contributed by atoms with E-state index < -0.39 is 18.1 Å². The first-order valence-corrected chi connectivity index (χ1v) is 4.34. The van der Waals surface area contributed by atoms with Crippen LogP contribution in [-0.4, -0.2) is 34.9 Å². The maximum absolute atomic E-state index is 11.8. The molecule has 0 aliphatic carbocycles. The van der Waals surface area contributed by atoms with E-state index in [0.29, 0.717) is 0 Å². The quantitative estimate of drug-likeness (QED) is 0.818. The third kappa shape index (κ3) is 3.78. The number of aromatic nitrogens is 1. The predicted octanol–water partition coefficient (Wildman–Crippen LogP) is 0.594. The molecule has 0 unspecified atom stereocenters. The molecule has 2 N–H and O–H groups in total. The molecule has 94 valence electrons. The third-order valence-electron chi connectivity index (χ3n) is 1.69. The van der Waals surface area contributed by atoms with Crippen molar-refractivity contribution >= 4 is 11.9 Å². The van der Waals surface area contributed by atoms with Crippen LogP contribution in [0.1, 0.15) is 16.2 Å². The average Bonchev–Trinajstić information content (AvgIpc) is 2.64. The van der Waals surface area contributed by atoms with Gasteiger partial charge in [-0.2, -0.15) is 13.2 Å². The molecule has 0 fully saturated rings. The van der Waals surface area contributed by atoms with Crippen LogP contribution in [0.2, 0.25) is 0 Å². The van der Waals surface area contributed by atoms with Crippen molar-refractivity contribution in [3.63, 3.8) is 0 Å². The second-order valence-electron chi connectivity index (χ2n) is 2.99. The molecule has 1 heterocycles. The lowest BCUT2D eigenvalue weighted by molar-refractivity contribution is -0.173. The van der Waals surface area contributed by atoms with Crippen LogP contribution in [0.15, 0.2) is 10.6 Å². The standard InChI is InChI=1S/C8H7F3N2O4/c9-8(10,11)7(16)12-2-1-4-3-5(6(14)15)13-17-4/h3H,1-2H2,(H,12,16)(H,14,15). The third-order valence-corrected chi connectivity index (χ3v) is 1.69.